The summed E-state index contributed by atoms with van der Waals surface area (Å²) in [5.41, 5.74) is -0.748. The average molecular weight is 296 g/mol. The molecular formula is C13H13N3O5. The predicted octanol–water partition coefficient (Wildman–Crippen LogP) is 0.571. The average Bonchev–Trinajstić information content (AvgIpc) is 2.49. The lowest BCUT2D eigenvalue weighted by Crippen LogP contribution is -2.27. The van der Waals surface area contributed by atoms with Crippen molar-refractivity contribution >= 4 is 22.5 Å². The molecule has 1 aromatic carbocycles. The van der Waals surface area contributed by atoms with Gasteiger partial charge in [-0.1, -0.05) is 0 Å². The van der Waals surface area contributed by atoms with Crippen LogP contribution in [0.4, 0.5) is 5.69 Å². The largest absolute Gasteiger partial charge is 0.478 e. The van der Waals surface area contributed by atoms with Gasteiger partial charge in [-0.3, -0.25) is 19.7 Å². The summed E-state index contributed by atoms with van der Waals surface area (Å²) in [5, 5.41) is 12.5. The molecule has 8 nitrogen and oxygen atoms in total. The van der Waals surface area contributed by atoms with Gasteiger partial charge < -0.3 is 14.6 Å². The minimum absolute atomic E-state index is 0.198. The molecule has 0 spiro atoms. The van der Waals surface area contributed by atoms with E-state index in [1.165, 1.54) is 24.5 Å². The number of fused-ring (bicyclic) bond motifs is 1. The first-order valence-electron chi connectivity index (χ1n) is 8.12. The molecule has 8 heteroatoms. The van der Waals surface area contributed by atoms with Gasteiger partial charge in [0.2, 0.25) is 0 Å². The van der Waals surface area contributed by atoms with Crippen molar-refractivity contribution in [2.45, 2.75) is 0 Å². The second-order valence-corrected chi connectivity index (χ2v) is 4.03. The van der Waals surface area contributed by atoms with Crippen LogP contribution in [0.1, 0.15) is 6.85 Å². The number of nitrogens with zero attached hydrogens (tertiary/aromatic N) is 2. The fourth-order valence-corrected chi connectivity index (χ4v) is 1.75. The van der Waals surface area contributed by atoms with Gasteiger partial charge in [0, 0.05) is 35.7 Å². The van der Waals surface area contributed by atoms with Crippen molar-refractivity contribution < 1.29 is 21.3 Å². The first-order chi connectivity index (χ1) is 11.8. The number of pyridine rings is 1. The van der Waals surface area contributed by atoms with E-state index in [0.717, 1.165) is 16.7 Å². The topological polar surface area (TPSA) is 103 Å². The van der Waals surface area contributed by atoms with Crippen LogP contribution in [0.3, 0.4) is 0 Å². The maximum Gasteiger partial charge on any atom is 0.293 e. The van der Waals surface area contributed by atoms with Gasteiger partial charge in [-0.05, 0) is 12.1 Å². The molecule has 1 N–H and O–H groups in total. The number of aromatic nitrogens is 1. The van der Waals surface area contributed by atoms with E-state index in [1.807, 2.05) is 0 Å². The van der Waals surface area contributed by atoms with Crippen LogP contribution >= 0.6 is 0 Å². The SMILES string of the molecule is [2H]C([2H])([2H])NC(=O)C([2H])([2H])Oc1cc2cc([N+](=O)[O-])ccc2n(C)c1=O. The van der Waals surface area contributed by atoms with Gasteiger partial charge in [0.05, 0.1) is 13.2 Å². The monoisotopic (exact) mass is 296 g/mol. The number of nitrogens with one attached hydrogen (secondary N) is 1. The molecule has 0 saturated heterocycles. The van der Waals surface area contributed by atoms with E-state index in [9.17, 15) is 19.7 Å². The standard InChI is InChI=1S/C13H13N3O5/c1-14-12(17)7-21-11-6-8-5-9(16(19)20)3-4-10(8)15(2)13(11)18/h3-6H,7H2,1-2H3,(H,14,17)/i1D3,7D2. The number of hydrogen-bond donors (Lipinski definition) is 1. The summed E-state index contributed by atoms with van der Waals surface area (Å²) in [6.07, 6.45) is 0. The first kappa shape index (κ1) is 9.11. The number of benzene rings is 1. The number of amides is 1. The number of ether oxygens (including phenoxy) is 1. The van der Waals surface area contributed by atoms with Crippen molar-refractivity contribution in [2.75, 3.05) is 13.5 Å². The van der Waals surface area contributed by atoms with E-state index in [4.69, 9.17) is 11.6 Å². The highest BCUT2D eigenvalue weighted by molar-refractivity contribution is 5.83. The summed E-state index contributed by atoms with van der Waals surface area (Å²) in [5.74, 6) is -2.20. The molecular weight excluding hydrogens is 278 g/mol. The lowest BCUT2D eigenvalue weighted by Gasteiger charge is -2.09. The Balaban J connectivity index is 2.49. The highest BCUT2D eigenvalue weighted by Gasteiger charge is 2.12. The van der Waals surface area contributed by atoms with E-state index in [-0.39, 0.29) is 11.1 Å². The molecule has 0 saturated carbocycles. The number of aryl methyl sites for hydroxylation is 1. The zero-order chi connectivity index (χ0) is 19.9. The summed E-state index contributed by atoms with van der Waals surface area (Å²) in [7, 11) is 1.33. The predicted molar refractivity (Wildman–Crippen MR) is 75.4 cm³/mol. The Kier molecular flexibility index (Phi) is 2.44. The van der Waals surface area contributed by atoms with E-state index in [1.54, 1.807) is 0 Å². The molecule has 0 fully saturated rings. The van der Waals surface area contributed by atoms with Gasteiger partial charge >= 0.3 is 0 Å². The van der Waals surface area contributed by atoms with Gasteiger partial charge in [-0.15, -0.1) is 0 Å². The summed E-state index contributed by atoms with van der Waals surface area (Å²) in [6, 6.07) is 4.74. The number of carbonyl (C=O) groups excluding carboxylic acids is 1. The third-order valence-corrected chi connectivity index (χ3v) is 2.75. The Morgan fingerprint density at radius 2 is 2.33 bits per heavy atom. The zero-order valence-corrected chi connectivity index (χ0v) is 10.7. The Morgan fingerprint density at radius 1 is 1.57 bits per heavy atom. The number of likely N-dealkylation sites (N-methyl/N-ethyl adjacent to an activating group) is 1. The normalized spacial score (nSPS) is 15.2. The molecule has 0 aliphatic heterocycles. The third-order valence-electron chi connectivity index (χ3n) is 2.75. The van der Waals surface area contributed by atoms with E-state index in [2.05, 4.69) is 0 Å². The van der Waals surface area contributed by atoms with Crippen molar-refractivity contribution in [3.8, 4) is 5.75 Å². The van der Waals surface area contributed by atoms with Crippen molar-refractivity contribution in [1.29, 1.82) is 0 Å². The summed E-state index contributed by atoms with van der Waals surface area (Å²) < 4.78 is 41.7. The van der Waals surface area contributed by atoms with Gasteiger partial charge in [0.1, 0.15) is 0 Å². The molecule has 0 bridgehead atoms. The number of hydrogen-bond acceptors (Lipinski definition) is 5. The van der Waals surface area contributed by atoms with Crippen LogP contribution in [-0.2, 0) is 11.8 Å². The fourth-order valence-electron chi connectivity index (χ4n) is 1.75. The highest BCUT2D eigenvalue weighted by Crippen LogP contribution is 2.22. The van der Waals surface area contributed by atoms with E-state index >= 15 is 0 Å². The molecule has 1 heterocycles. The first-order valence-corrected chi connectivity index (χ1v) is 5.62. The molecule has 110 valence electrons. The zero-order valence-electron chi connectivity index (χ0n) is 15.7. The van der Waals surface area contributed by atoms with Crippen LogP contribution < -0.4 is 15.6 Å². The Morgan fingerprint density at radius 3 is 3.00 bits per heavy atom. The van der Waals surface area contributed by atoms with Gasteiger partial charge in [-0.2, -0.15) is 0 Å². The second-order valence-electron chi connectivity index (χ2n) is 4.03. The van der Waals surface area contributed by atoms with Crippen LogP contribution in [0.2, 0.25) is 0 Å². The molecule has 1 aromatic heterocycles. The minimum Gasteiger partial charge on any atom is -0.478 e. The molecule has 1 amide bonds. The van der Waals surface area contributed by atoms with E-state index < -0.39 is 35.7 Å². The number of nitro groups is 1. The van der Waals surface area contributed by atoms with Crippen LogP contribution in [0.5, 0.6) is 5.75 Å². The molecule has 2 rings (SSSR count). The molecule has 2 aromatic rings. The molecule has 0 aliphatic rings. The van der Waals surface area contributed by atoms with Crippen molar-refractivity contribution in [1.82, 2.24) is 9.88 Å². The quantitative estimate of drug-likeness (QED) is 0.656. The highest BCUT2D eigenvalue weighted by atomic mass is 16.6. The molecule has 0 radical (unpaired) electrons. The lowest BCUT2D eigenvalue weighted by atomic mass is 10.2. The third kappa shape index (κ3) is 2.83. The molecule has 0 atom stereocenters. The summed E-state index contributed by atoms with van der Waals surface area (Å²) >= 11 is 0. The maximum absolute atomic E-state index is 12.3. The van der Waals surface area contributed by atoms with Crippen LogP contribution in [0.15, 0.2) is 29.1 Å². The number of nitro benzene ring substituents is 1. The number of carbonyl (C=O) groups is 1. The van der Waals surface area contributed by atoms with Crippen molar-refractivity contribution in [2.24, 2.45) is 7.05 Å². The second kappa shape index (κ2) is 5.61. The number of non-ortho nitro benzene ring substituents is 1. The minimum atomic E-state index is -3.16. The van der Waals surface area contributed by atoms with E-state index in [0.29, 0.717) is 5.52 Å². The molecule has 0 unspecified atom stereocenters. The summed E-state index contributed by atoms with van der Waals surface area (Å²) in [4.78, 5) is 34.2. The van der Waals surface area contributed by atoms with Gasteiger partial charge in [0.15, 0.2) is 12.3 Å². The van der Waals surface area contributed by atoms with Crippen molar-refractivity contribution in [3.63, 3.8) is 0 Å². The number of rotatable bonds is 4. The van der Waals surface area contributed by atoms with Gasteiger partial charge in [0.25, 0.3) is 17.2 Å². The Labute approximate surface area is 126 Å². The molecule has 21 heavy (non-hydrogen) atoms. The molecule has 0 aliphatic carbocycles. The fraction of sp³-hybridized carbons (Fsp3) is 0.231. The Hall–Kier alpha value is -2.90. The van der Waals surface area contributed by atoms with Crippen LogP contribution in [0, 0.1) is 10.1 Å². The Bertz CT molecular complexity index is 954. The van der Waals surface area contributed by atoms with Crippen molar-refractivity contribution in [3.05, 3.63) is 44.7 Å². The summed E-state index contributed by atoms with van der Waals surface area (Å²) in [6.45, 7) is -6.10. The van der Waals surface area contributed by atoms with Crippen LogP contribution in [-0.4, -0.2) is 28.9 Å². The van der Waals surface area contributed by atoms with Gasteiger partial charge in [-0.25, -0.2) is 0 Å². The maximum atomic E-state index is 12.3. The van der Waals surface area contributed by atoms with Crippen LogP contribution in [0.25, 0.3) is 10.9 Å². The lowest BCUT2D eigenvalue weighted by molar-refractivity contribution is -0.384. The smallest absolute Gasteiger partial charge is 0.293 e.